The first-order valence-corrected chi connectivity index (χ1v) is 10.2. The standard InChI is InChI=1S/C22H21FN4OS/c1-15-6-7-17(12-20(15)23)21(28)27-22(25-14-16-8-10-24-11-9-16)26-18-4-3-5-19(13-18)29-2/h3-13H,14H2,1-2H3,(H2,25,26,27,28). The minimum Gasteiger partial charge on any atom is -0.326 e. The van der Waals surface area contributed by atoms with Crippen LogP contribution in [-0.2, 0) is 6.54 Å². The number of benzene rings is 2. The maximum atomic E-state index is 13.8. The zero-order valence-corrected chi connectivity index (χ0v) is 17.0. The number of hydrogen-bond acceptors (Lipinski definition) is 4. The molecular formula is C22H21FN4OS. The van der Waals surface area contributed by atoms with Crippen molar-refractivity contribution in [2.75, 3.05) is 11.6 Å². The molecule has 0 saturated carbocycles. The van der Waals surface area contributed by atoms with E-state index in [0.717, 1.165) is 16.1 Å². The monoisotopic (exact) mass is 408 g/mol. The summed E-state index contributed by atoms with van der Waals surface area (Å²) in [6, 6.07) is 15.9. The highest BCUT2D eigenvalue weighted by Gasteiger charge is 2.11. The van der Waals surface area contributed by atoms with Crippen LogP contribution in [0.1, 0.15) is 21.5 Å². The molecule has 2 N–H and O–H groups in total. The summed E-state index contributed by atoms with van der Waals surface area (Å²) >= 11 is 1.62. The number of carbonyl (C=O) groups is 1. The van der Waals surface area contributed by atoms with Gasteiger partial charge in [0.2, 0.25) is 5.96 Å². The van der Waals surface area contributed by atoms with Gasteiger partial charge in [-0.1, -0.05) is 12.1 Å². The molecule has 1 amide bonds. The molecule has 0 atom stereocenters. The van der Waals surface area contributed by atoms with E-state index in [-0.39, 0.29) is 11.5 Å². The minimum atomic E-state index is -0.439. The summed E-state index contributed by atoms with van der Waals surface area (Å²) in [5, 5.41) is 5.89. The number of aromatic nitrogens is 1. The average molecular weight is 409 g/mol. The van der Waals surface area contributed by atoms with Crippen molar-refractivity contribution >= 4 is 29.3 Å². The summed E-state index contributed by atoms with van der Waals surface area (Å²) in [5.41, 5.74) is 2.46. The van der Waals surface area contributed by atoms with Crippen LogP contribution in [0.5, 0.6) is 0 Å². The first-order valence-electron chi connectivity index (χ1n) is 8.97. The first kappa shape index (κ1) is 20.5. The van der Waals surface area contributed by atoms with Crippen LogP contribution in [0, 0.1) is 12.7 Å². The number of pyridine rings is 1. The van der Waals surface area contributed by atoms with Crippen LogP contribution >= 0.6 is 11.8 Å². The van der Waals surface area contributed by atoms with Crippen LogP contribution in [-0.4, -0.2) is 23.1 Å². The quantitative estimate of drug-likeness (QED) is 0.366. The van der Waals surface area contributed by atoms with E-state index in [1.807, 2.05) is 42.7 Å². The molecule has 0 bridgehead atoms. The number of aliphatic imine (C=N–C) groups is 1. The van der Waals surface area contributed by atoms with Crippen molar-refractivity contribution in [2.45, 2.75) is 18.4 Å². The van der Waals surface area contributed by atoms with Gasteiger partial charge in [0, 0.05) is 28.5 Å². The van der Waals surface area contributed by atoms with E-state index in [0.29, 0.717) is 12.1 Å². The Morgan fingerprint density at radius 2 is 1.93 bits per heavy atom. The number of halogens is 1. The molecule has 7 heteroatoms. The Kier molecular flexibility index (Phi) is 6.97. The molecule has 0 aliphatic carbocycles. The number of amides is 1. The molecule has 2 aromatic carbocycles. The van der Waals surface area contributed by atoms with Gasteiger partial charge in [-0.3, -0.25) is 15.1 Å². The Labute approximate surface area is 173 Å². The van der Waals surface area contributed by atoms with Crippen molar-refractivity contribution in [1.82, 2.24) is 10.3 Å². The van der Waals surface area contributed by atoms with Gasteiger partial charge >= 0.3 is 0 Å². The van der Waals surface area contributed by atoms with Crippen molar-refractivity contribution in [3.63, 3.8) is 0 Å². The average Bonchev–Trinajstić information content (AvgIpc) is 2.74. The van der Waals surface area contributed by atoms with Gasteiger partial charge in [0.1, 0.15) is 5.82 Å². The molecule has 1 heterocycles. The van der Waals surface area contributed by atoms with Crippen molar-refractivity contribution in [1.29, 1.82) is 0 Å². The van der Waals surface area contributed by atoms with Gasteiger partial charge in [0.15, 0.2) is 0 Å². The summed E-state index contributed by atoms with van der Waals surface area (Å²) in [6.07, 6.45) is 5.37. The predicted octanol–water partition coefficient (Wildman–Crippen LogP) is 4.65. The number of hydrogen-bond donors (Lipinski definition) is 2. The van der Waals surface area contributed by atoms with E-state index in [4.69, 9.17) is 0 Å². The van der Waals surface area contributed by atoms with E-state index in [9.17, 15) is 9.18 Å². The molecule has 0 aliphatic heterocycles. The molecule has 0 fully saturated rings. The van der Waals surface area contributed by atoms with Crippen molar-refractivity contribution in [2.24, 2.45) is 4.99 Å². The van der Waals surface area contributed by atoms with Gasteiger partial charge < -0.3 is 5.32 Å². The fourth-order valence-electron chi connectivity index (χ4n) is 2.52. The number of nitrogens with one attached hydrogen (secondary N) is 2. The maximum absolute atomic E-state index is 13.8. The van der Waals surface area contributed by atoms with Gasteiger partial charge in [-0.05, 0) is 66.8 Å². The second-order valence-corrected chi connectivity index (χ2v) is 7.17. The van der Waals surface area contributed by atoms with Crippen LogP contribution in [0.3, 0.4) is 0 Å². The molecule has 3 rings (SSSR count). The van der Waals surface area contributed by atoms with Crippen molar-refractivity contribution in [3.8, 4) is 0 Å². The summed E-state index contributed by atoms with van der Waals surface area (Å²) in [7, 11) is 0. The summed E-state index contributed by atoms with van der Waals surface area (Å²) in [6.45, 7) is 2.01. The molecule has 0 saturated heterocycles. The molecule has 29 heavy (non-hydrogen) atoms. The largest absolute Gasteiger partial charge is 0.326 e. The molecule has 0 aliphatic rings. The lowest BCUT2D eigenvalue weighted by molar-refractivity contribution is 0.0976. The van der Waals surface area contributed by atoms with Crippen molar-refractivity contribution < 1.29 is 9.18 Å². The first-order chi connectivity index (χ1) is 14.0. The fraction of sp³-hybridized carbons (Fsp3) is 0.136. The smallest absolute Gasteiger partial charge is 0.258 e. The number of guanidine groups is 1. The third-order valence-electron chi connectivity index (χ3n) is 4.17. The predicted molar refractivity (Wildman–Crippen MR) is 116 cm³/mol. The normalized spacial score (nSPS) is 11.2. The minimum absolute atomic E-state index is 0.226. The highest BCUT2D eigenvalue weighted by atomic mass is 32.2. The third-order valence-corrected chi connectivity index (χ3v) is 4.89. The fourth-order valence-corrected chi connectivity index (χ4v) is 2.98. The number of rotatable bonds is 5. The van der Waals surface area contributed by atoms with Crippen molar-refractivity contribution in [3.05, 3.63) is 89.5 Å². The topological polar surface area (TPSA) is 66.4 Å². The van der Waals surface area contributed by atoms with Gasteiger partial charge in [0.25, 0.3) is 5.91 Å². The lowest BCUT2D eigenvalue weighted by Crippen LogP contribution is -2.36. The summed E-state index contributed by atoms with van der Waals surface area (Å²) < 4.78 is 13.8. The van der Waals surface area contributed by atoms with E-state index in [1.165, 1.54) is 6.07 Å². The SMILES string of the molecule is CSc1cccc(NC(=NCc2ccncc2)NC(=O)c2ccc(C)c(F)c2)c1. The molecule has 1 aromatic heterocycles. The van der Waals surface area contributed by atoms with Gasteiger partial charge in [-0.2, -0.15) is 0 Å². The van der Waals surface area contributed by atoms with Gasteiger partial charge in [0.05, 0.1) is 6.54 Å². The Morgan fingerprint density at radius 1 is 1.14 bits per heavy atom. The number of nitrogens with zero attached hydrogens (tertiary/aromatic N) is 2. The molecular weight excluding hydrogens is 387 g/mol. The molecule has 0 spiro atoms. The Morgan fingerprint density at radius 3 is 2.66 bits per heavy atom. The molecule has 5 nitrogen and oxygen atoms in total. The van der Waals surface area contributed by atoms with Crippen LogP contribution < -0.4 is 10.6 Å². The Bertz CT molecular complexity index is 1020. The summed E-state index contributed by atoms with van der Waals surface area (Å²) in [4.78, 5) is 22.2. The van der Waals surface area contributed by atoms with Gasteiger partial charge in [-0.15, -0.1) is 11.8 Å². The number of thioether (sulfide) groups is 1. The zero-order chi connectivity index (χ0) is 20.6. The van der Waals surface area contributed by atoms with Crippen LogP contribution in [0.15, 0.2) is 76.9 Å². The van der Waals surface area contributed by atoms with E-state index < -0.39 is 11.7 Å². The number of carbonyl (C=O) groups excluding carboxylic acids is 1. The lowest BCUT2D eigenvalue weighted by Gasteiger charge is -2.13. The van der Waals surface area contributed by atoms with E-state index >= 15 is 0 Å². The highest BCUT2D eigenvalue weighted by Crippen LogP contribution is 2.19. The number of aryl methyl sites for hydroxylation is 1. The zero-order valence-electron chi connectivity index (χ0n) is 16.1. The summed E-state index contributed by atoms with van der Waals surface area (Å²) in [5.74, 6) is -0.578. The van der Waals surface area contributed by atoms with E-state index in [2.05, 4.69) is 20.6 Å². The third kappa shape index (κ3) is 5.89. The van der Waals surface area contributed by atoms with Crippen LogP contribution in [0.25, 0.3) is 0 Å². The van der Waals surface area contributed by atoms with E-state index in [1.54, 1.807) is 43.2 Å². The van der Waals surface area contributed by atoms with Crippen LogP contribution in [0.4, 0.5) is 10.1 Å². The second-order valence-electron chi connectivity index (χ2n) is 6.30. The second kappa shape index (κ2) is 9.84. The number of anilines is 1. The van der Waals surface area contributed by atoms with Gasteiger partial charge in [-0.25, -0.2) is 9.38 Å². The molecule has 3 aromatic rings. The molecule has 0 radical (unpaired) electrons. The molecule has 148 valence electrons. The Hall–Kier alpha value is -3.19. The molecule has 0 unspecified atom stereocenters. The van der Waals surface area contributed by atoms with Crippen LogP contribution in [0.2, 0.25) is 0 Å². The lowest BCUT2D eigenvalue weighted by atomic mass is 10.1. The highest BCUT2D eigenvalue weighted by molar-refractivity contribution is 7.98. The maximum Gasteiger partial charge on any atom is 0.258 e. The Balaban J connectivity index is 1.82.